The molecule has 0 saturated carbocycles. The molecule has 0 bridgehead atoms. The van der Waals surface area contributed by atoms with Crippen molar-refractivity contribution in [2.75, 3.05) is 39.3 Å². The zero-order valence-electron chi connectivity index (χ0n) is 12.0. The summed E-state index contributed by atoms with van der Waals surface area (Å²) in [6.07, 6.45) is 8.42. The van der Waals surface area contributed by atoms with E-state index in [1.165, 1.54) is 71.2 Å². The molecule has 18 heavy (non-hydrogen) atoms. The van der Waals surface area contributed by atoms with Crippen molar-refractivity contribution in [2.45, 2.75) is 51.6 Å². The van der Waals surface area contributed by atoms with Crippen molar-refractivity contribution < 1.29 is 4.74 Å². The van der Waals surface area contributed by atoms with E-state index in [-0.39, 0.29) is 0 Å². The molecule has 0 amide bonds. The van der Waals surface area contributed by atoms with Gasteiger partial charge in [0.25, 0.3) is 0 Å². The van der Waals surface area contributed by atoms with Crippen LogP contribution in [0.5, 0.6) is 0 Å². The van der Waals surface area contributed by atoms with E-state index in [0.717, 1.165) is 12.5 Å². The summed E-state index contributed by atoms with van der Waals surface area (Å²) in [5.41, 5.74) is 0. The number of ether oxygens (including phenoxy) is 1. The molecule has 3 nitrogen and oxygen atoms in total. The fourth-order valence-corrected chi connectivity index (χ4v) is 3.21. The predicted octanol–water partition coefficient (Wildman–Crippen LogP) is 2.27. The van der Waals surface area contributed by atoms with Crippen molar-refractivity contribution in [2.24, 2.45) is 5.92 Å². The van der Waals surface area contributed by atoms with Crippen LogP contribution < -0.4 is 5.32 Å². The van der Waals surface area contributed by atoms with Crippen molar-refractivity contribution in [3.63, 3.8) is 0 Å². The first-order valence-electron chi connectivity index (χ1n) is 7.93. The smallest absolute Gasteiger partial charge is 0.0702 e. The summed E-state index contributed by atoms with van der Waals surface area (Å²) in [5.74, 6) is 0.855. The Morgan fingerprint density at radius 1 is 1.22 bits per heavy atom. The monoisotopic (exact) mass is 254 g/mol. The Labute approximate surface area is 112 Å². The molecule has 2 aliphatic rings. The van der Waals surface area contributed by atoms with Gasteiger partial charge in [0, 0.05) is 19.7 Å². The molecule has 2 aliphatic heterocycles. The van der Waals surface area contributed by atoms with Crippen LogP contribution in [-0.4, -0.2) is 50.3 Å². The standard InChI is InChI=1S/C15H30N2O/c1-2-8-16-11-14-6-5-9-17(12-14)13-15-7-3-4-10-18-15/h14-16H,2-13H2,1H3. The highest BCUT2D eigenvalue weighted by molar-refractivity contribution is 4.77. The third-order valence-electron chi connectivity index (χ3n) is 4.20. The maximum atomic E-state index is 5.86. The first-order valence-corrected chi connectivity index (χ1v) is 7.93. The molecule has 0 spiro atoms. The zero-order chi connectivity index (χ0) is 12.6. The first-order chi connectivity index (χ1) is 8.88. The van der Waals surface area contributed by atoms with Gasteiger partial charge >= 0.3 is 0 Å². The molecule has 2 heterocycles. The fraction of sp³-hybridized carbons (Fsp3) is 1.00. The van der Waals surface area contributed by atoms with Gasteiger partial charge < -0.3 is 15.0 Å². The molecule has 0 aromatic rings. The van der Waals surface area contributed by atoms with Crippen molar-refractivity contribution in [3.8, 4) is 0 Å². The van der Waals surface area contributed by atoms with Gasteiger partial charge in [0.2, 0.25) is 0 Å². The molecule has 2 rings (SSSR count). The van der Waals surface area contributed by atoms with E-state index in [2.05, 4.69) is 17.1 Å². The lowest BCUT2D eigenvalue weighted by Gasteiger charge is -2.36. The summed E-state index contributed by atoms with van der Waals surface area (Å²) in [5, 5.41) is 3.57. The largest absolute Gasteiger partial charge is 0.377 e. The fourth-order valence-electron chi connectivity index (χ4n) is 3.21. The van der Waals surface area contributed by atoms with Gasteiger partial charge in [0.15, 0.2) is 0 Å². The van der Waals surface area contributed by atoms with Crippen LogP contribution in [0.25, 0.3) is 0 Å². The van der Waals surface area contributed by atoms with Crippen molar-refractivity contribution in [1.82, 2.24) is 10.2 Å². The molecule has 0 aromatic heterocycles. The minimum atomic E-state index is 0.515. The minimum absolute atomic E-state index is 0.515. The number of hydrogen-bond donors (Lipinski definition) is 1. The van der Waals surface area contributed by atoms with Crippen LogP contribution in [0.1, 0.15) is 45.4 Å². The number of nitrogens with zero attached hydrogens (tertiary/aromatic N) is 1. The number of nitrogens with one attached hydrogen (secondary N) is 1. The first kappa shape index (κ1) is 14.3. The molecule has 1 N–H and O–H groups in total. The Hall–Kier alpha value is -0.120. The van der Waals surface area contributed by atoms with Gasteiger partial charge in [-0.15, -0.1) is 0 Å². The Kier molecular flexibility index (Phi) is 6.46. The van der Waals surface area contributed by atoms with Gasteiger partial charge in [-0.25, -0.2) is 0 Å². The molecular formula is C15H30N2O. The van der Waals surface area contributed by atoms with Gasteiger partial charge in [0.1, 0.15) is 0 Å². The summed E-state index contributed by atoms with van der Waals surface area (Å²) in [4.78, 5) is 2.64. The summed E-state index contributed by atoms with van der Waals surface area (Å²) in [7, 11) is 0. The third kappa shape index (κ3) is 4.87. The molecule has 0 aromatic carbocycles. The lowest BCUT2D eigenvalue weighted by Crippen LogP contribution is -2.44. The van der Waals surface area contributed by atoms with E-state index in [4.69, 9.17) is 4.74 Å². The van der Waals surface area contributed by atoms with Gasteiger partial charge in [-0.1, -0.05) is 6.92 Å². The Balaban J connectivity index is 1.65. The topological polar surface area (TPSA) is 24.5 Å². The van der Waals surface area contributed by atoms with E-state index in [1.807, 2.05) is 0 Å². The third-order valence-corrected chi connectivity index (χ3v) is 4.20. The number of hydrogen-bond acceptors (Lipinski definition) is 3. The lowest BCUT2D eigenvalue weighted by molar-refractivity contribution is -0.0126. The zero-order valence-corrected chi connectivity index (χ0v) is 12.0. The molecule has 2 saturated heterocycles. The van der Waals surface area contributed by atoms with Crippen molar-refractivity contribution >= 4 is 0 Å². The normalized spacial score (nSPS) is 30.5. The van der Waals surface area contributed by atoms with Crippen LogP contribution >= 0.6 is 0 Å². The van der Waals surface area contributed by atoms with Crippen LogP contribution in [0, 0.1) is 5.92 Å². The molecule has 3 heteroatoms. The molecule has 0 radical (unpaired) electrons. The van der Waals surface area contributed by atoms with Gasteiger partial charge in [-0.3, -0.25) is 0 Å². The summed E-state index contributed by atoms with van der Waals surface area (Å²) >= 11 is 0. The number of piperidine rings is 1. The van der Waals surface area contributed by atoms with Crippen LogP contribution in [0.15, 0.2) is 0 Å². The minimum Gasteiger partial charge on any atom is -0.377 e. The summed E-state index contributed by atoms with van der Waals surface area (Å²) < 4.78 is 5.86. The van der Waals surface area contributed by atoms with E-state index >= 15 is 0 Å². The molecular weight excluding hydrogens is 224 g/mol. The van der Waals surface area contributed by atoms with E-state index in [9.17, 15) is 0 Å². The second-order valence-electron chi connectivity index (χ2n) is 5.96. The number of likely N-dealkylation sites (tertiary alicyclic amines) is 1. The average Bonchev–Trinajstić information content (AvgIpc) is 2.41. The highest BCUT2D eigenvalue weighted by Crippen LogP contribution is 2.19. The molecule has 106 valence electrons. The maximum absolute atomic E-state index is 5.86. The second kappa shape index (κ2) is 8.13. The van der Waals surface area contributed by atoms with Crippen LogP contribution in [0.4, 0.5) is 0 Å². The van der Waals surface area contributed by atoms with Gasteiger partial charge in [0.05, 0.1) is 6.10 Å². The van der Waals surface area contributed by atoms with Gasteiger partial charge in [-0.2, -0.15) is 0 Å². The molecule has 2 atom stereocenters. The molecule has 0 aliphatic carbocycles. The quantitative estimate of drug-likeness (QED) is 0.736. The SMILES string of the molecule is CCCNCC1CCCN(CC2CCCCO2)C1. The Morgan fingerprint density at radius 2 is 2.17 bits per heavy atom. The predicted molar refractivity (Wildman–Crippen MR) is 75.9 cm³/mol. The maximum Gasteiger partial charge on any atom is 0.0702 e. The van der Waals surface area contributed by atoms with Crippen molar-refractivity contribution in [1.29, 1.82) is 0 Å². The van der Waals surface area contributed by atoms with Crippen LogP contribution in [-0.2, 0) is 4.74 Å². The van der Waals surface area contributed by atoms with E-state index < -0.39 is 0 Å². The van der Waals surface area contributed by atoms with Crippen LogP contribution in [0.3, 0.4) is 0 Å². The molecule has 2 unspecified atom stereocenters. The van der Waals surface area contributed by atoms with E-state index in [1.54, 1.807) is 0 Å². The lowest BCUT2D eigenvalue weighted by atomic mass is 9.97. The number of rotatable bonds is 6. The van der Waals surface area contributed by atoms with Gasteiger partial charge in [-0.05, 0) is 64.1 Å². The summed E-state index contributed by atoms with van der Waals surface area (Å²) in [6.45, 7) is 9.32. The Morgan fingerprint density at radius 3 is 2.94 bits per heavy atom. The molecule has 2 fully saturated rings. The second-order valence-corrected chi connectivity index (χ2v) is 5.96. The highest BCUT2D eigenvalue weighted by atomic mass is 16.5. The van der Waals surface area contributed by atoms with Crippen molar-refractivity contribution in [3.05, 3.63) is 0 Å². The summed E-state index contributed by atoms with van der Waals surface area (Å²) in [6, 6.07) is 0. The Bertz CT molecular complexity index is 217. The average molecular weight is 254 g/mol. The highest BCUT2D eigenvalue weighted by Gasteiger charge is 2.23. The van der Waals surface area contributed by atoms with Crippen LogP contribution in [0.2, 0.25) is 0 Å². The van der Waals surface area contributed by atoms with E-state index in [0.29, 0.717) is 6.10 Å².